The summed E-state index contributed by atoms with van der Waals surface area (Å²) in [5.41, 5.74) is 7.01. The second kappa shape index (κ2) is 6.68. The normalized spacial score (nSPS) is 12.2. The Morgan fingerprint density at radius 2 is 1.65 bits per heavy atom. The number of rotatable bonds is 4. The molecule has 0 saturated heterocycles. The van der Waals surface area contributed by atoms with Crippen LogP contribution in [0, 0.1) is 0 Å². The summed E-state index contributed by atoms with van der Waals surface area (Å²) in [6.07, 6.45) is 0.815. The van der Waals surface area contributed by atoms with Crippen LogP contribution in [0.4, 0.5) is 0 Å². The lowest BCUT2D eigenvalue weighted by Crippen LogP contribution is -2.09. The number of nitrogens with two attached hydrogens (primary N) is 1. The fraction of sp³-hybridized carbons (Fsp3) is 0.200. The monoisotopic (exact) mass is 329 g/mol. The van der Waals surface area contributed by atoms with Crippen molar-refractivity contribution < 1.29 is 4.74 Å². The Labute approximate surface area is 133 Å². The van der Waals surface area contributed by atoms with E-state index in [9.17, 15) is 0 Å². The lowest BCUT2D eigenvalue weighted by Gasteiger charge is -2.16. The zero-order valence-electron chi connectivity index (χ0n) is 10.9. The SMILES string of the molecule is CCC(N)c1ccccc1Oc1cc(Cl)c(Cl)cc1Cl. The molecule has 2 rings (SSSR count). The first-order valence-corrected chi connectivity index (χ1v) is 7.33. The number of benzene rings is 2. The summed E-state index contributed by atoms with van der Waals surface area (Å²) in [6, 6.07) is 10.7. The Morgan fingerprint density at radius 3 is 2.35 bits per heavy atom. The van der Waals surface area contributed by atoms with E-state index in [1.807, 2.05) is 31.2 Å². The topological polar surface area (TPSA) is 35.2 Å². The van der Waals surface area contributed by atoms with Crippen LogP contribution in [0.2, 0.25) is 15.1 Å². The van der Waals surface area contributed by atoms with E-state index >= 15 is 0 Å². The van der Waals surface area contributed by atoms with Crippen molar-refractivity contribution in [2.75, 3.05) is 0 Å². The molecule has 5 heteroatoms. The molecule has 0 bridgehead atoms. The van der Waals surface area contributed by atoms with Crippen LogP contribution >= 0.6 is 34.8 Å². The first-order chi connectivity index (χ1) is 9.52. The fourth-order valence-corrected chi connectivity index (χ4v) is 2.38. The van der Waals surface area contributed by atoms with E-state index in [-0.39, 0.29) is 6.04 Å². The van der Waals surface area contributed by atoms with Crippen LogP contribution in [-0.2, 0) is 0 Å². The van der Waals surface area contributed by atoms with Crippen molar-refractivity contribution in [2.24, 2.45) is 5.73 Å². The molecule has 0 aliphatic carbocycles. The number of hydrogen-bond acceptors (Lipinski definition) is 2. The number of halogens is 3. The summed E-state index contributed by atoms with van der Waals surface area (Å²) in [7, 11) is 0. The fourth-order valence-electron chi connectivity index (χ4n) is 1.80. The maximum absolute atomic E-state index is 6.12. The number of para-hydroxylation sites is 1. The molecule has 0 spiro atoms. The van der Waals surface area contributed by atoms with E-state index in [4.69, 9.17) is 45.3 Å². The molecule has 1 unspecified atom stereocenters. The van der Waals surface area contributed by atoms with Crippen molar-refractivity contribution in [3.05, 3.63) is 57.0 Å². The molecule has 1 atom stereocenters. The van der Waals surface area contributed by atoms with Crippen molar-refractivity contribution in [1.29, 1.82) is 0 Å². The van der Waals surface area contributed by atoms with Crippen LogP contribution in [-0.4, -0.2) is 0 Å². The third-order valence-electron chi connectivity index (χ3n) is 2.95. The van der Waals surface area contributed by atoms with Crippen LogP contribution in [0.3, 0.4) is 0 Å². The number of hydrogen-bond donors (Lipinski definition) is 1. The second-order valence-corrected chi connectivity index (χ2v) is 5.57. The molecule has 2 aromatic rings. The van der Waals surface area contributed by atoms with Gasteiger partial charge in [0.15, 0.2) is 0 Å². The quantitative estimate of drug-likeness (QED) is 0.714. The highest BCUT2D eigenvalue weighted by molar-refractivity contribution is 6.43. The molecular formula is C15H14Cl3NO. The summed E-state index contributed by atoms with van der Waals surface area (Å²) in [5, 5.41) is 1.19. The van der Waals surface area contributed by atoms with E-state index in [0.29, 0.717) is 26.6 Å². The van der Waals surface area contributed by atoms with Crippen LogP contribution < -0.4 is 10.5 Å². The minimum absolute atomic E-state index is 0.0900. The van der Waals surface area contributed by atoms with Gasteiger partial charge in [-0.25, -0.2) is 0 Å². The first-order valence-electron chi connectivity index (χ1n) is 6.19. The summed E-state index contributed by atoms with van der Waals surface area (Å²) in [6.45, 7) is 2.02. The minimum Gasteiger partial charge on any atom is -0.455 e. The summed E-state index contributed by atoms with van der Waals surface area (Å²) >= 11 is 18.0. The highest BCUT2D eigenvalue weighted by Gasteiger charge is 2.13. The molecule has 2 aromatic carbocycles. The summed E-state index contributed by atoms with van der Waals surface area (Å²) in [4.78, 5) is 0. The van der Waals surface area contributed by atoms with Gasteiger partial charge in [0.2, 0.25) is 0 Å². The molecule has 0 aliphatic rings. The predicted octanol–water partition coefficient (Wildman–Crippen LogP) is 5.85. The Balaban J connectivity index is 2.38. The lowest BCUT2D eigenvalue weighted by atomic mass is 10.0. The van der Waals surface area contributed by atoms with E-state index in [0.717, 1.165) is 12.0 Å². The minimum atomic E-state index is -0.0900. The Morgan fingerprint density at radius 1 is 1.00 bits per heavy atom. The van der Waals surface area contributed by atoms with Crippen molar-refractivity contribution >= 4 is 34.8 Å². The smallest absolute Gasteiger partial charge is 0.147 e. The molecule has 0 saturated carbocycles. The first kappa shape index (κ1) is 15.5. The van der Waals surface area contributed by atoms with Gasteiger partial charge in [0, 0.05) is 17.7 Å². The number of ether oxygens (including phenoxy) is 1. The van der Waals surface area contributed by atoms with Crippen LogP contribution in [0.1, 0.15) is 24.9 Å². The van der Waals surface area contributed by atoms with Gasteiger partial charge >= 0.3 is 0 Å². The van der Waals surface area contributed by atoms with Gasteiger partial charge in [-0.3, -0.25) is 0 Å². The Hall–Kier alpha value is -0.930. The molecule has 2 nitrogen and oxygen atoms in total. The zero-order valence-corrected chi connectivity index (χ0v) is 13.1. The molecular weight excluding hydrogens is 317 g/mol. The highest BCUT2D eigenvalue weighted by atomic mass is 35.5. The molecule has 0 amide bonds. The van der Waals surface area contributed by atoms with Crippen LogP contribution in [0.15, 0.2) is 36.4 Å². The maximum Gasteiger partial charge on any atom is 0.147 e. The predicted molar refractivity (Wildman–Crippen MR) is 85.2 cm³/mol. The lowest BCUT2D eigenvalue weighted by molar-refractivity contribution is 0.469. The molecule has 0 aliphatic heterocycles. The average molecular weight is 331 g/mol. The maximum atomic E-state index is 6.12. The molecule has 20 heavy (non-hydrogen) atoms. The van der Waals surface area contributed by atoms with Gasteiger partial charge in [0.25, 0.3) is 0 Å². The van der Waals surface area contributed by atoms with Crippen LogP contribution in [0.25, 0.3) is 0 Å². The molecule has 0 heterocycles. The van der Waals surface area contributed by atoms with Crippen molar-refractivity contribution in [2.45, 2.75) is 19.4 Å². The standard InChI is InChI=1S/C15H14Cl3NO/c1-2-13(19)9-5-3-4-6-14(9)20-15-8-11(17)10(16)7-12(15)18/h3-8,13H,2,19H2,1H3. The largest absolute Gasteiger partial charge is 0.455 e. The molecule has 0 aromatic heterocycles. The van der Waals surface area contributed by atoms with Crippen molar-refractivity contribution in [3.8, 4) is 11.5 Å². The second-order valence-electron chi connectivity index (χ2n) is 4.35. The molecule has 2 N–H and O–H groups in total. The van der Waals surface area contributed by atoms with E-state index < -0.39 is 0 Å². The molecule has 0 radical (unpaired) electrons. The molecule has 106 valence electrons. The van der Waals surface area contributed by atoms with Gasteiger partial charge in [0.1, 0.15) is 11.5 Å². The van der Waals surface area contributed by atoms with Gasteiger partial charge < -0.3 is 10.5 Å². The zero-order chi connectivity index (χ0) is 14.7. The average Bonchev–Trinajstić information content (AvgIpc) is 2.44. The summed E-state index contributed by atoms with van der Waals surface area (Å²) in [5.74, 6) is 1.12. The Kier molecular flexibility index (Phi) is 5.17. The third-order valence-corrected chi connectivity index (χ3v) is 3.97. The van der Waals surface area contributed by atoms with E-state index in [2.05, 4.69) is 0 Å². The van der Waals surface area contributed by atoms with Crippen molar-refractivity contribution in [1.82, 2.24) is 0 Å². The Bertz CT molecular complexity index is 616. The highest BCUT2D eigenvalue weighted by Crippen LogP contribution is 2.38. The van der Waals surface area contributed by atoms with E-state index in [1.54, 1.807) is 12.1 Å². The summed E-state index contributed by atoms with van der Waals surface area (Å²) < 4.78 is 5.84. The van der Waals surface area contributed by atoms with Gasteiger partial charge in [0.05, 0.1) is 15.1 Å². The van der Waals surface area contributed by atoms with Crippen LogP contribution in [0.5, 0.6) is 11.5 Å². The van der Waals surface area contributed by atoms with E-state index in [1.165, 1.54) is 0 Å². The van der Waals surface area contributed by atoms with Gasteiger partial charge in [-0.05, 0) is 18.6 Å². The van der Waals surface area contributed by atoms with Gasteiger partial charge in [-0.15, -0.1) is 0 Å². The van der Waals surface area contributed by atoms with Crippen molar-refractivity contribution in [3.63, 3.8) is 0 Å². The third kappa shape index (κ3) is 3.39. The van der Waals surface area contributed by atoms with Gasteiger partial charge in [-0.2, -0.15) is 0 Å². The van der Waals surface area contributed by atoms with Gasteiger partial charge in [-0.1, -0.05) is 59.9 Å². The molecule has 0 fully saturated rings.